The van der Waals surface area contributed by atoms with E-state index in [2.05, 4.69) is 4.90 Å². The highest BCUT2D eigenvalue weighted by molar-refractivity contribution is 5.67. The van der Waals surface area contributed by atoms with Crippen molar-refractivity contribution in [2.75, 3.05) is 13.1 Å². The molecule has 1 saturated heterocycles. The largest absolute Gasteiger partial charge is 0.449 e. The third-order valence-corrected chi connectivity index (χ3v) is 3.61. The lowest BCUT2D eigenvalue weighted by Crippen LogP contribution is -2.29. The standard InChI is InChI=1S/C15H18N2O4/c1-15(2)20-13-9-11(5-8-16-6-3-4-7-16)12(17(18)19)10-14(13)21-15/h5,8-10H,3-4,6-7H2,1-2H3/b8-5+. The summed E-state index contributed by atoms with van der Waals surface area (Å²) in [6, 6.07) is 3.11. The van der Waals surface area contributed by atoms with E-state index in [9.17, 15) is 10.1 Å². The number of ether oxygens (including phenoxy) is 2. The van der Waals surface area contributed by atoms with Gasteiger partial charge < -0.3 is 14.4 Å². The fraction of sp³-hybridized carbons (Fsp3) is 0.467. The Morgan fingerprint density at radius 1 is 1.24 bits per heavy atom. The lowest BCUT2D eigenvalue weighted by molar-refractivity contribution is -0.385. The third-order valence-electron chi connectivity index (χ3n) is 3.61. The summed E-state index contributed by atoms with van der Waals surface area (Å²) in [4.78, 5) is 13.0. The second-order valence-corrected chi connectivity index (χ2v) is 5.78. The molecule has 21 heavy (non-hydrogen) atoms. The van der Waals surface area contributed by atoms with E-state index < -0.39 is 10.7 Å². The van der Waals surface area contributed by atoms with Crippen molar-refractivity contribution in [3.8, 4) is 11.5 Å². The minimum absolute atomic E-state index is 0.0329. The zero-order chi connectivity index (χ0) is 15.0. The summed E-state index contributed by atoms with van der Waals surface area (Å²) >= 11 is 0. The van der Waals surface area contributed by atoms with Gasteiger partial charge in [0.2, 0.25) is 5.79 Å². The van der Waals surface area contributed by atoms with Crippen LogP contribution in [0.2, 0.25) is 0 Å². The van der Waals surface area contributed by atoms with E-state index in [1.54, 1.807) is 26.0 Å². The van der Waals surface area contributed by atoms with Crippen LogP contribution < -0.4 is 9.47 Å². The Balaban J connectivity index is 1.94. The molecule has 2 aliphatic rings. The minimum Gasteiger partial charge on any atom is -0.449 e. The highest BCUT2D eigenvalue weighted by Crippen LogP contribution is 2.43. The van der Waals surface area contributed by atoms with Crippen molar-refractivity contribution in [2.45, 2.75) is 32.5 Å². The van der Waals surface area contributed by atoms with Gasteiger partial charge in [-0.05, 0) is 31.2 Å². The number of likely N-dealkylation sites (tertiary alicyclic amines) is 1. The van der Waals surface area contributed by atoms with Crippen molar-refractivity contribution in [1.29, 1.82) is 0 Å². The van der Waals surface area contributed by atoms with Crippen LogP contribution in [-0.2, 0) is 0 Å². The van der Waals surface area contributed by atoms with E-state index in [0.29, 0.717) is 17.1 Å². The molecular weight excluding hydrogens is 272 g/mol. The summed E-state index contributed by atoms with van der Waals surface area (Å²) in [5.74, 6) is 0.185. The van der Waals surface area contributed by atoms with Gasteiger partial charge in [-0.25, -0.2) is 0 Å². The molecule has 1 aromatic carbocycles. The normalized spacial score (nSPS) is 19.4. The zero-order valence-corrected chi connectivity index (χ0v) is 12.2. The molecule has 0 amide bonds. The SMILES string of the molecule is CC1(C)Oc2cc(/C=C/N3CCCC3)c([N+](=O)[O-])cc2O1. The molecule has 0 saturated carbocycles. The average Bonchev–Trinajstić information content (AvgIpc) is 2.99. The minimum atomic E-state index is -0.784. The molecule has 0 bridgehead atoms. The van der Waals surface area contributed by atoms with E-state index in [4.69, 9.17) is 9.47 Å². The lowest BCUT2D eigenvalue weighted by Gasteiger charge is -2.16. The van der Waals surface area contributed by atoms with Crippen LogP contribution >= 0.6 is 0 Å². The second-order valence-electron chi connectivity index (χ2n) is 5.78. The Hall–Kier alpha value is -2.24. The van der Waals surface area contributed by atoms with Gasteiger partial charge >= 0.3 is 0 Å². The third kappa shape index (κ3) is 2.79. The molecule has 1 aromatic rings. The first-order valence-electron chi connectivity index (χ1n) is 7.07. The highest BCUT2D eigenvalue weighted by Gasteiger charge is 2.34. The molecule has 0 N–H and O–H groups in total. The molecule has 1 fully saturated rings. The Bertz CT molecular complexity index is 604. The number of rotatable bonds is 3. The van der Waals surface area contributed by atoms with Crippen LogP contribution in [0.1, 0.15) is 32.3 Å². The van der Waals surface area contributed by atoms with Gasteiger partial charge in [-0.1, -0.05) is 0 Å². The molecule has 2 aliphatic heterocycles. The molecule has 3 rings (SSSR count). The summed E-state index contributed by atoms with van der Waals surface area (Å²) in [7, 11) is 0. The van der Waals surface area contributed by atoms with Crippen LogP contribution in [0, 0.1) is 10.1 Å². The smallest absolute Gasteiger partial charge is 0.280 e. The van der Waals surface area contributed by atoms with Gasteiger partial charge in [0.1, 0.15) is 0 Å². The van der Waals surface area contributed by atoms with Crippen molar-refractivity contribution < 1.29 is 14.4 Å². The second kappa shape index (κ2) is 4.95. The van der Waals surface area contributed by atoms with Crippen LogP contribution in [-0.4, -0.2) is 28.7 Å². The summed E-state index contributed by atoms with van der Waals surface area (Å²) in [5, 5.41) is 11.2. The van der Waals surface area contributed by atoms with Crippen LogP contribution in [0.5, 0.6) is 11.5 Å². The summed E-state index contributed by atoms with van der Waals surface area (Å²) < 4.78 is 11.2. The molecule has 0 aromatic heterocycles. The van der Waals surface area contributed by atoms with E-state index >= 15 is 0 Å². The van der Waals surface area contributed by atoms with Crippen LogP contribution in [0.25, 0.3) is 6.08 Å². The maximum absolute atomic E-state index is 11.2. The van der Waals surface area contributed by atoms with Crippen LogP contribution in [0.3, 0.4) is 0 Å². The lowest BCUT2D eigenvalue weighted by atomic mass is 10.1. The van der Waals surface area contributed by atoms with E-state index in [0.717, 1.165) is 13.1 Å². The average molecular weight is 290 g/mol. The van der Waals surface area contributed by atoms with Gasteiger partial charge in [-0.3, -0.25) is 10.1 Å². The number of benzene rings is 1. The summed E-state index contributed by atoms with van der Waals surface area (Å²) in [6.45, 7) is 5.56. The number of nitro benzene ring substituents is 1. The number of fused-ring (bicyclic) bond motifs is 1. The van der Waals surface area contributed by atoms with Crippen molar-refractivity contribution in [1.82, 2.24) is 4.90 Å². The predicted molar refractivity (Wildman–Crippen MR) is 78.3 cm³/mol. The molecular formula is C15H18N2O4. The molecule has 0 spiro atoms. The Morgan fingerprint density at radius 3 is 2.48 bits per heavy atom. The fourth-order valence-electron chi connectivity index (χ4n) is 2.64. The van der Waals surface area contributed by atoms with Gasteiger partial charge in [0, 0.05) is 26.9 Å². The van der Waals surface area contributed by atoms with Crippen molar-refractivity contribution >= 4 is 11.8 Å². The van der Waals surface area contributed by atoms with Crippen LogP contribution in [0.15, 0.2) is 18.3 Å². The molecule has 0 aliphatic carbocycles. The zero-order valence-electron chi connectivity index (χ0n) is 12.2. The molecule has 6 nitrogen and oxygen atoms in total. The summed E-state index contributed by atoms with van der Waals surface area (Å²) in [5.41, 5.74) is 0.567. The molecule has 2 heterocycles. The Labute approximate surface area is 123 Å². The molecule has 112 valence electrons. The van der Waals surface area contributed by atoms with Crippen LogP contribution in [0.4, 0.5) is 5.69 Å². The van der Waals surface area contributed by atoms with E-state index in [-0.39, 0.29) is 5.69 Å². The molecule has 0 unspecified atom stereocenters. The monoisotopic (exact) mass is 290 g/mol. The first-order chi connectivity index (χ1) is 9.94. The fourth-order valence-corrected chi connectivity index (χ4v) is 2.64. The van der Waals surface area contributed by atoms with Gasteiger partial charge in [-0.15, -0.1) is 0 Å². The number of nitrogens with zero attached hydrogens (tertiary/aromatic N) is 2. The van der Waals surface area contributed by atoms with Gasteiger partial charge in [0.15, 0.2) is 11.5 Å². The number of hydrogen-bond donors (Lipinski definition) is 0. The van der Waals surface area contributed by atoms with Gasteiger partial charge in [0.25, 0.3) is 5.69 Å². The maximum atomic E-state index is 11.2. The molecule has 0 radical (unpaired) electrons. The van der Waals surface area contributed by atoms with Crippen molar-refractivity contribution in [3.63, 3.8) is 0 Å². The van der Waals surface area contributed by atoms with Gasteiger partial charge in [-0.2, -0.15) is 0 Å². The van der Waals surface area contributed by atoms with Crippen molar-refractivity contribution in [3.05, 3.63) is 34.0 Å². The first kappa shape index (κ1) is 13.7. The Kier molecular flexibility index (Phi) is 3.23. The molecule has 0 atom stereocenters. The molecule has 6 heteroatoms. The Morgan fingerprint density at radius 2 is 1.86 bits per heavy atom. The highest BCUT2D eigenvalue weighted by atomic mass is 16.7. The van der Waals surface area contributed by atoms with Gasteiger partial charge in [0.05, 0.1) is 16.6 Å². The quantitative estimate of drug-likeness (QED) is 0.632. The predicted octanol–water partition coefficient (Wildman–Crippen LogP) is 3.17. The first-order valence-corrected chi connectivity index (χ1v) is 7.07. The number of hydrogen-bond acceptors (Lipinski definition) is 5. The topological polar surface area (TPSA) is 64.8 Å². The number of nitro groups is 1. The van der Waals surface area contributed by atoms with E-state index in [1.807, 2.05) is 6.20 Å². The van der Waals surface area contributed by atoms with Crippen molar-refractivity contribution in [2.24, 2.45) is 0 Å². The maximum Gasteiger partial charge on any atom is 0.280 e. The van der Waals surface area contributed by atoms with E-state index in [1.165, 1.54) is 18.9 Å². The summed E-state index contributed by atoms with van der Waals surface area (Å²) in [6.07, 6.45) is 6.03.